The van der Waals surface area contributed by atoms with Gasteiger partial charge in [-0.05, 0) is 38.8 Å². The molecule has 2 nitrogen and oxygen atoms in total. The van der Waals surface area contributed by atoms with Gasteiger partial charge in [-0.25, -0.2) is 0 Å². The first kappa shape index (κ1) is 13.1. The Hall–Kier alpha value is -0.380. The van der Waals surface area contributed by atoms with Crippen molar-refractivity contribution in [3.05, 3.63) is 21.9 Å². The molecule has 0 radical (unpaired) electrons. The summed E-state index contributed by atoms with van der Waals surface area (Å²) < 4.78 is 0. The molecule has 2 rings (SSSR count). The van der Waals surface area contributed by atoms with Crippen molar-refractivity contribution in [3.63, 3.8) is 0 Å². The SMILES string of the molecule is Cc1ccc(CN[C@H]2CN(C(C)C)C[C@H]2C)s1. The molecular formula is C14H24N2S. The molecular weight excluding hydrogens is 228 g/mol. The lowest BCUT2D eigenvalue weighted by Crippen LogP contribution is -2.36. The van der Waals surface area contributed by atoms with Gasteiger partial charge in [-0.15, -0.1) is 11.3 Å². The molecule has 1 fully saturated rings. The van der Waals surface area contributed by atoms with Crippen LogP contribution in [0.1, 0.15) is 30.5 Å². The van der Waals surface area contributed by atoms with Crippen LogP contribution in [0.5, 0.6) is 0 Å². The number of nitrogens with zero attached hydrogens (tertiary/aromatic N) is 1. The summed E-state index contributed by atoms with van der Waals surface area (Å²) in [4.78, 5) is 5.44. The van der Waals surface area contributed by atoms with Crippen LogP contribution in [0.25, 0.3) is 0 Å². The van der Waals surface area contributed by atoms with E-state index >= 15 is 0 Å². The molecule has 3 heteroatoms. The number of hydrogen-bond acceptors (Lipinski definition) is 3. The average Bonchev–Trinajstić information content (AvgIpc) is 2.82. The number of nitrogens with one attached hydrogen (secondary N) is 1. The normalized spacial score (nSPS) is 25.9. The molecule has 1 N–H and O–H groups in total. The molecule has 0 saturated carbocycles. The topological polar surface area (TPSA) is 15.3 Å². The maximum atomic E-state index is 3.71. The van der Waals surface area contributed by atoms with Gasteiger partial charge in [0.25, 0.3) is 0 Å². The van der Waals surface area contributed by atoms with Gasteiger partial charge in [0.2, 0.25) is 0 Å². The molecule has 0 amide bonds. The molecule has 1 aliphatic heterocycles. The van der Waals surface area contributed by atoms with Gasteiger partial charge in [-0.2, -0.15) is 0 Å². The van der Waals surface area contributed by atoms with Crippen molar-refractivity contribution in [2.45, 2.75) is 46.3 Å². The first-order chi connectivity index (χ1) is 8.06. The van der Waals surface area contributed by atoms with Crippen molar-refractivity contribution < 1.29 is 0 Å². The van der Waals surface area contributed by atoms with E-state index in [-0.39, 0.29) is 0 Å². The molecule has 96 valence electrons. The summed E-state index contributed by atoms with van der Waals surface area (Å²) in [5, 5.41) is 3.71. The summed E-state index contributed by atoms with van der Waals surface area (Å²) in [5.41, 5.74) is 0. The molecule has 17 heavy (non-hydrogen) atoms. The molecule has 1 saturated heterocycles. The van der Waals surface area contributed by atoms with Crippen molar-refractivity contribution in [2.75, 3.05) is 13.1 Å². The highest BCUT2D eigenvalue weighted by atomic mass is 32.1. The lowest BCUT2D eigenvalue weighted by molar-refractivity contribution is 0.264. The van der Waals surface area contributed by atoms with E-state index in [2.05, 4.69) is 50.0 Å². The molecule has 1 aromatic heterocycles. The van der Waals surface area contributed by atoms with Crippen LogP contribution in [0.4, 0.5) is 0 Å². The van der Waals surface area contributed by atoms with Gasteiger partial charge in [-0.1, -0.05) is 6.92 Å². The fraction of sp³-hybridized carbons (Fsp3) is 0.714. The van der Waals surface area contributed by atoms with Crippen molar-refractivity contribution in [1.29, 1.82) is 0 Å². The second-order valence-corrected chi connectivity index (χ2v) is 6.90. The minimum Gasteiger partial charge on any atom is -0.308 e. The molecule has 0 unspecified atom stereocenters. The minimum atomic E-state index is 0.653. The first-order valence-corrected chi connectivity index (χ1v) is 7.40. The number of thiophene rings is 1. The molecule has 1 aliphatic rings. The lowest BCUT2D eigenvalue weighted by atomic mass is 10.1. The second-order valence-electron chi connectivity index (χ2n) is 5.52. The van der Waals surface area contributed by atoms with Crippen LogP contribution in [0.2, 0.25) is 0 Å². The van der Waals surface area contributed by atoms with E-state index in [1.165, 1.54) is 22.8 Å². The van der Waals surface area contributed by atoms with Crippen LogP contribution in [0.15, 0.2) is 12.1 Å². The maximum Gasteiger partial charge on any atom is 0.0303 e. The van der Waals surface area contributed by atoms with Gasteiger partial charge >= 0.3 is 0 Å². The summed E-state index contributed by atoms with van der Waals surface area (Å²) in [5.74, 6) is 0.762. The Kier molecular flexibility index (Phi) is 4.23. The third-order valence-electron chi connectivity index (χ3n) is 3.71. The van der Waals surface area contributed by atoms with E-state index in [9.17, 15) is 0 Å². The van der Waals surface area contributed by atoms with Gasteiger partial charge < -0.3 is 5.32 Å². The highest BCUT2D eigenvalue weighted by Gasteiger charge is 2.30. The smallest absolute Gasteiger partial charge is 0.0303 e. The Labute approximate surface area is 109 Å². The third-order valence-corrected chi connectivity index (χ3v) is 4.71. The molecule has 1 aromatic rings. The van der Waals surface area contributed by atoms with Crippen LogP contribution in [0, 0.1) is 12.8 Å². The largest absolute Gasteiger partial charge is 0.308 e. The first-order valence-electron chi connectivity index (χ1n) is 6.59. The molecule has 0 spiro atoms. The monoisotopic (exact) mass is 252 g/mol. The van der Waals surface area contributed by atoms with Crippen LogP contribution in [-0.2, 0) is 6.54 Å². The summed E-state index contributed by atoms with van der Waals surface area (Å²) in [6.45, 7) is 12.6. The third kappa shape index (κ3) is 3.30. The van der Waals surface area contributed by atoms with Gasteiger partial charge in [0.05, 0.1) is 0 Å². The quantitative estimate of drug-likeness (QED) is 0.886. The summed E-state index contributed by atoms with van der Waals surface area (Å²) in [6.07, 6.45) is 0. The van der Waals surface area contributed by atoms with Crippen LogP contribution < -0.4 is 5.32 Å². The fourth-order valence-electron chi connectivity index (χ4n) is 2.50. The van der Waals surface area contributed by atoms with Crippen molar-refractivity contribution in [1.82, 2.24) is 10.2 Å². The van der Waals surface area contributed by atoms with Crippen LogP contribution >= 0.6 is 11.3 Å². The van der Waals surface area contributed by atoms with E-state index < -0.39 is 0 Å². The predicted molar refractivity (Wildman–Crippen MR) is 75.6 cm³/mol. The molecule has 0 aromatic carbocycles. The van der Waals surface area contributed by atoms with Crippen LogP contribution in [0.3, 0.4) is 0 Å². The predicted octanol–water partition coefficient (Wildman–Crippen LogP) is 2.87. The Morgan fingerprint density at radius 3 is 2.71 bits per heavy atom. The van der Waals surface area contributed by atoms with Gasteiger partial charge in [0.15, 0.2) is 0 Å². The molecule has 0 bridgehead atoms. The molecule has 2 heterocycles. The van der Waals surface area contributed by atoms with E-state index in [1.54, 1.807) is 0 Å². The Bertz CT molecular complexity index is 359. The number of aryl methyl sites for hydroxylation is 1. The lowest BCUT2D eigenvalue weighted by Gasteiger charge is -2.20. The molecule has 0 aliphatic carbocycles. The van der Waals surface area contributed by atoms with Crippen molar-refractivity contribution in [3.8, 4) is 0 Å². The van der Waals surface area contributed by atoms with E-state index in [4.69, 9.17) is 0 Å². The number of hydrogen-bond donors (Lipinski definition) is 1. The minimum absolute atomic E-state index is 0.653. The summed E-state index contributed by atoms with van der Waals surface area (Å²) in [6, 6.07) is 5.78. The Morgan fingerprint density at radius 1 is 1.41 bits per heavy atom. The number of likely N-dealkylation sites (tertiary alicyclic amines) is 1. The second kappa shape index (κ2) is 5.51. The van der Waals surface area contributed by atoms with Gasteiger partial charge in [0.1, 0.15) is 0 Å². The Balaban J connectivity index is 1.83. The average molecular weight is 252 g/mol. The van der Waals surface area contributed by atoms with E-state index in [0.717, 1.165) is 12.5 Å². The van der Waals surface area contributed by atoms with Gasteiger partial charge in [0, 0.05) is 41.5 Å². The number of rotatable bonds is 4. The maximum absolute atomic E-state index is 3.71. The zero-order chi connectivity index (χ0) is 12.4. The summed E-state index contributed by atoms with van der Waals surface area (Å²) in [7, 11) is 0. The van der Waals surface area contributed by atoms with Gasteiger partial charge in [-0.3, -0.25) is 4.90 Å². The standard InChI is InChI=1S/C14H24N2S/c1-10(2)16-8-11(3)14(9-16)15-7-13-6-5-12(4)17-13/h5-6,10-11,14-15H,7-9H2,1-4H3/t11-,14+/m1/s1. The Morgan fingerprint density at radius 2 is 2.18 bits per heavy atom. The van der Waals surface area contributed by atoms with E-state index in [0.29, 0.717) is 12.1 Å². The zero-order valence-electron chi connectivity index (χ0n) is 11.4. The fourth-order valence-corrected chi connectivity index (χ4v) is 3.34. The van der Waals surface area contributed by atoms with Crippen molar-refractivity contribution >= 4 is 11.3 Å². The molecule has 2 atom stereocenters. The highest BCUT2D eigenvalue weighted by molar-refractivity contribution is 7.11. The summed E-state index contributed by atoms with van der Waals surface area (Å²) >= 11 is 1.90. The highest BCUT2D eigenvalue weighted by Crippen LogP contribution is 2.20. The van der Waals surface area contributed by atoms with Crippen LogP contribution in [-0.4, -0.2) is 30.1 Å². The zero-order valence-corrected chi connectivity index (χ0v) is 12.2. The van der Waals surface area contributed by atoms with E-state index in [1.807, 2.05) is 11.3 Å². The van der Waals surface area contributed by atoms with Crippen molar-refractivity contribution in [2.24, 2.45) is 5.92 Å².